The van der Waals surface area contributed by atoms with Crippen LogP contribution < -0.4 is 0 Å². The fraction of sp³-hybridized carbons (Fsp3) is 0.682. The lowest BCUT2D eigenvalue weighted by molar-refractivity contribution is -0.440. The van der Waals surface area contributed by atoms with E-state index in [1.165, 1.54) is 0 Å². The number of alkyl halides is 13. The van der Waals surface area contributed by atoms with E-state index in [1.54, 1.807) is 0 Å². The van der Waals surface area contributed by atoms with Crippen molar-refractivity contribution in [2.24, 2.45) is 5.41 Å². The SMILES string of the molecule is C=C(C)C(=O)OCC(C)(COC(=O)C(=C)C)C(=O)OC(CO)CC(F)(F)C(F)(F)C(F)(F)C(F)(F)C(F)(F)C(F)(F)F. The second-order valence-corrected chi connectivity index (χ2v) is 9.19. The lowest BCUT2D eigenvalue weighted by Gasteiger charge is -2.40. The van der Waals surface area contributed by atoms with Crippen molar-refractivity contribution in [1.82, 2.24) is 0 Å². The Hall–Kier alpha value is -3.06. The van der Waals surface area contributed by atoms with E-state index in [1.807, 2.05) is 0 Å². The number of halogens is 13. The van der Waals surface area contributed by atoms with Crippen molar-refractivity contribution in [3.63, 3.8) is 0 Å². The average Bonchev–Trinajstić information content (AvgIpc) is 2.83. The van der Waals surface area contributed by atoms with Gasteiger partial charge in [-0.1, -0.05) is 13.2 Å². The summed E-state index contributed by atoms with van der Waals surface area (Å²) in [5, 5.41) is 9.20. The number of rotatable bonds is 15. The minimum Gasteiger partial charge on any atom is -0.461 e. The van der Waals surface area contributed by atoms with Gasteiger partial charge >= 0.3 is 53.7 Å². The molecule has 0 aromatic heterocycles. The van der Waals surface area contributed by atoms with E-state index in [0.717, 1.165) is 20.8 Å². The van der Waals surface area contributed by atoms with Crippen LogP contribution in [0.25, 0.3) is 0 Å². The minimum absolute atomic E-state index is 0.270. The molecule has 20 heteroatoms. The summed E-state index contributed by atoms with van der Waals surface area (Å²) in [6.07, 6.45) is -13.7. The third-order valence-corrected chi connectivity index (χ3v) is 5.19. The minimum atomic E-state index is -8.14. The maximum absolute atomic E-state index is 14.2. The number of hydrogen-bond acceptors (Lipinski definition) is 7. The smallest absolute Gasteiger partial charge is 0.460 e. The normalized spacial score (nSPS) is 14.6. The van der Waals surface area contributed by atoms with Crippen molar-refractivity contribution in [2.75, 3.05) is 19.8 Å². The Morgan fingerprint density at radius 3 is 1.36 bits per heavy atom. The van der Waals surface area contributed by atoms with Gasteiger partial charge in [-0.25, -0.2) is 9.59 Å². The molecule has 0 aromatic rings. The molecule has 0 aliphatic heterocycles. The summed E-state index contributed by atoms with van der Waals surface area (Å²) in [5.41, 5.74) is -2.98. The highest BCUT2D eigenvalue weighted by Crippen LogP contribution is 2.60. The molecule has 0 saturated carbocycles. The first kappa shape index (κ1) is 38.9. The van der Waals surface area contributed by atoms with Crippen LogP contribution in [0.5, 0.6) is 0 Å². The largest absolute Gasteiger partial charge is 0.461 e. The van der Waals surface area contributed by atoms with Crippen molar-refractivity contribution in [3.8, 4) is 0 Å². The Morgan fingerprint density at radius 2 is 1.05 bits per heavy atom. The van der Waals surface area contributed by atoms with Gasteiger partial charge in [0, 0.05) is 11.1 Å². The first-order valence-corrected chi connectivity index (χ1v) is 10.9. The Labute approximate surface area is 228 Å². The quantitative estimate of drug-likeness (QED) is 0.112. The average molecular weight is 646 g/mol. The number of esters is 3. The van der Waals surface area contributed by atoms with Crippen LogP contribution in [0.1, 0.15) is 27.2 Å². The molecule has 0 aliphatic rings. The molecule has 7 nitrogen and oxygen atoms in total. The Morgan fingerprint density at radius 1 is 0.690 bits per heavy atom. The van der Waals surface area contributed by atoms with E-state index in [2.05, 4.69) is 27.4 Å². The van der Waals surface area contributed by atoms with Gasteiger partial charge in [-0.2, -0.15) is 57.1 Å². The molecular weight excluding hydrogens is 623 g/mol. The Bertz CT molecular complexity index is 1020. The third kappa shape index (κ3) is 7.66. The molecule has 0 heterocycles. The van der Waals surface area contributed by atoms with Gasteiger partial charge in [0.15, 0.2) is 0 Å². The van der Waals surface area contributed by atoms with Crippen molar-refractivity contribution in [1.29, 1.82) is 0 Å². The van der Waals surface area contributed by atoms with Crippen LogP contribution in [0.15, 0.2) is 24.3 Å². The molecule has 1 unspecified atom stereocenters. The lowest BCUT2D eigenvalue weighted by Crippen LogP contribution is -2.70. The second kappa shape index (κ2) is 12.7. The van der Waals surface area contributed by atoms with Gasteiger partial charge in [0.25, 0.3) is 0 Å². The summed E-state index contributed by atoms with van der Waals surface area (Å²) in [7, 11) is 0. The number of aliphatic hydroxyl groups is 1. The molecule has 244 valence electrons. The van der Waals surface area contributed by atoms with Gasteiger partial charge in [0.05, 0.1) is 13.0 Å². The van der Waals surface area contributed by atoms with Crippen LogP contribution in [-0.4, -0.2) is 84.7 Å². The van der Waals surface area contributed by atoms with Crippen LogP contribution in [0.3, 0.4) is 0 Å². The van der Waals surface area contributed by atoms with Crippen LogP contribution in [0.2, 0.25) is 0 Å². The van der Waals surface area contributed by atoms with Crippen LogP contribution in [0.4, 0.5) is 57.1 Å². The van der Waals surface area contributed by atoms with Gasteiger partial charge < -0.3 is 19.3 Å². The van der Waals surface area contributed by atoms with E-state index < -0.39 is 91.5 Å². The first-order valence-electron chi connectivity index (χ1n) is 10.9. The summed E-state index contributed by atoms with van der Waals surface area (Å²) in [6, 6.07) is 0. The molecule has 0 bridgehead atoms. The molecule has 0 amide bonds. The monoisotopic (exact) mass is 646 g/mol. The van der Waals surface area contributed by atoms with Crippen molar-refractivity contribution < 1.29 is 90.8 Å². The fourth-order valence-corrected chi connectivity index (χ4v) is 2.51. The second-order valence-electron chi connectivity index (χ2n) is 9.19. The van der Waals surface area contributed by atoms with Crippen molar-refractivity contribution in [2.45, 2.75) is 69.1 Å². The summed E-state index contributed by atoms with van der Waals surface area (Å²) in [6.45, 7) is 5.13. The van der Waals surface area contributed by atoms with E-state index in [4.69, 9.17) is 0 Å². The molecule has 42 heavy (non-hydrogen) atoms. The zero-order valence-corrected chi connectivity index (χ0v) is 21.6. The van der Waals surface area contributed by atoms with Gasteiger partial charge in [0.2, 0.25) is 0 Å². The third-order valence-electron chi connectivity index (χ3n) is 5.19. The highest BCUT2D eigenvalue weighted by molar-refractivity contribution is 5.88. The van der Waals surface area contributed by atoms with Crippen LogP contribution in [0, 0.1) is 5.41 Å². The standard InChI is InChI=1S/C22H23F13O7/c1-10(2)13(37)40-8-16(5,9-41-14(38)11(3)4)15(39)42-12(7-36)6-17(23,24)18(25,26)19(27,28)20(29,30)21(31,32)22(33,34)35/h12,36H,1,3,6-9H2,2,4-5H3. The zero-order chi connectivity index (χ0) is 33.9. The fourth-order valence-electron chi connectivity index (χ4n) is 2.51. The maximum atomic E-state index is 14.2. The number of hydrogen-bond donors (Lipinski definition) is 1. The number of carbonyl (C=O) groups excluding carboxylic acids is 3. The van der Waals surface area contributed by atoms with Gasteiger partial charge in [-0.05, 0) is 20.8 Å². The number of ether oxygens (including phenoxy) is 3. The molecular formula is C22H23F13O7. The molecule has 0 aromatic carbocycles. The predicted molar refractivity (Wildman–Crippen MR) is 112 cm³/mol. The highest BCUT2D eigenvalue weighted by atomic mass is 19.4. The number of aliphatic hydroxyl groups excluding tert-OH is 1. The summed E-state index contributed by atoms with van der Waals surface area (Å²) in [5.74, 6) is -42.8. The molecule has 1 N–H and O–H groups in total. The molecule has 1 atom stereocenters. The molecule has 0 rings (SSSR count). The van der Waals surface area contributed by atoms with E-state index in [-0.39, 0.29) is 11.1 Å². The zero-order valence-electron chi connectivity index (χ0n) is 21.6. The summed E-state index contributed by atoms with van der Waals surface area (Å²) in [4.78, 5) is 36.0. The van der Waals surface area contributed by atoms with Crippen molar-refractivity contribution >= 4 is 17.9 Å². The number of carbonyl (C=O) groups is 3. The van der Waals surface area contributed by atoms with E-state index in [9.17, 15) is 76.6 Å². The maximum Gasteiger partial charge on any atom is 0.460 e. The molecule has 0 radical (unpaired) electrons. The highest BCUT2D eigenvalue weighted by Gasteiger charge is 2.90. The van der Waals surface area contributed by atoms with E-state index in [0.29, 0.717) is 0 Å². The van der Waals surface area contributed by atoms with Crippen LogP contribution >= 0.6 is 0 Å². The Kier molecular flexibility index (Phi) is 11.7. The van der Waals surface area contributed by atoms with Gasteiger partial charge in [-0.3, -0.25) is 4.79 Å². The summed E-state index contributed by atoms with van der Waals surface area (Å²) < 4.78 is 187. The Balaban J connectivity index is 6.29. The summed E-state index contributed by atoms with van der Waals surface area (Å²) >= 11 is 0. The molecule has 0 fully saturated rings. The van der Waals surface area contributed by atoms with Gasteiger partial charge in [0.1, 0.15) is 24.7 Å². The van der Waals surface area contributed by atoms with Crippen LogP contribution in [-0.2, 0) is 28.6 Å². The topological polar surface area (TPSA) is 99.1 Å². The molecule has 0 saturated heterocycles. The predicted octanol–water partition coefficient (Wildman–Crippen LogP) is 5.26. The molecule has 0 aliphatic carbocycles. The van der Waals surface area contributed by atoms with E-state index >= 15 is 0 Å². The van der Waals surface area contributed by atoms with Crippen molar-refractivity contribution in [3.05, 3.63) is 24.3 Å². The molecule has 0 spiro atoms. The van der Waals surface area contributed by atoms with Gasteiger partial charge in [-0.15, -0.1) is 0 Å². The lowest BCUT2D eigenvalue weighted by atomic mass is 9.91. The first-order chi connectivity index (χ1) is 18.5.